The van der Waals surface area contributed by atoms with Crippen LogP contribution in [0.2, 0.25) is 0 Å². The number of nitrogens with zero attached hydrogens (tertiary/aromatic N) is 4. The Morgan fingerprint density at radius 2 is 1.26 bits per heavy atom. The summed E-state index contributed by atoms with van der Waals surface area (Å²) in [5, 5.41) is 10.3. The molecule has 1 N–H and O–H groups in total. The maximum absolute atomic E-state index is 12.6. The first-order chi connectivity index (χ1) is 15.2. The molecule has 6 heteroatoms. The molecule has 0 saturated heterocycles. The maximum atomic E-state index is 12.6. The van der Waals surface area contributed by atoms with Crippen LogP contribution in [-0.4, -0.2) is 31.1 Å². The lowest BCUT2D eigenvalue weighted by Crippen LogP contribution is -2.37. The van der Waals surface area contributed by atoms with Crippen LogP contribution >= 0.6 is 0 Å². The summed E-state index contributed by atoms with van der Waals surface area (Å²) in [5.74, 6) is -0.314. The van der Waals surface area contributed by atoms with Crippen LogP contribution in [0.4, 0.5) is 4.79 Å². The van der Waals surface area contributed by atoms with Gasteiger partial charge in [0.2, 0.25) is 0 Å². The van der Waals surface area contributed by atoms with Gasteiger partial charge in [-0.1, -0.05) is 48.5 Å². The van der Waals surface area contributed by atoms with E-state index >= 15 is 0 Å². The summed E-state index contributed by atoms with van der Waals surface area (Å²) in [7, 11) is 0. The van der Waals surface area contributed by atoms with Crippen molar-refractivity contribution in [1.29, 1.82) is 0 Å². The van der Waals surface area contributed by atoms with Crippen molar-refractivity contribution in [2.24, 2.45) is 0 Å². The molecular formula is C25H22N4O2. The summed E-state index contributed by atoms with van der Waals surface area (Å²) in [4.78, 5) is 26.9. The fourth-order valence-corrected chi connectivity index (χ4v) is 3.85. The van der Waals surface area contributed by atoms with E-state index < -0.39 is 12.1 Å². The molecule has 6 nitrogen and oxygen atoms in total. The molecule has 3 heterocycles. The summed E-state index contributed by atoms with van der Waals surface area (Å²) in [6.45, 7) is 0.243. The second-order valence-corrected chi connectivity index (χ2v) is 7.18. The fraction of sp³-hybridized carbons (Fsp3) is 0.120. The molecule has 0 saturated carbocycles. The van der Waals surface area contributed by atoms with E-state index in [2.05, 4.69) is 15.0 Å². The summed E-state index contributed by atoms with van der Waals surface area (Å²) >= 11 is 0. The van der Waals surface area contributed by atoms with E-state index in [0.717, 1.165) is 22.3 Å². The Labute approximate surface area is 180 Å². The molecule has 0 fully saturated rings. The molecular weight excluding hydrogens is 388 g/mol. The highest BCUT2D eigenvalue weighted by molar-refractivity contribution is 5.66. The monoisotopic (exact) mass is 410 g/mol. The number of aromatic nitrogens is 3. The van der Waals surface area contributed by atoms with Crippen LogP contribution in [0, 0.1) is 0 Å². The first kappa shape index (κ1) is 20.2. The van der Waals surface area contributed by atoms with Crippen LogP contribution in [0.1, 0.15) is 34.2 Å². The Morgan fingerprint density at radius 3 is 1.71 bits per heavy atom. The van der Waals surface area contributed by atoms with E-state index in [0.29, 0.717) is 0 Å². The van der Waals surface area contributed by atoms with Gasteiger partial charge in [-0.15, -0.1) is 0 Å². The molecule has 0 radical (unpaired) electrons. The molecule has 1 atom stereocenters. The highest BCUT2D eigenvalue weighted by Gasteiger charge is 2.35. The van der Waals surface area contributed by atoms with E-state index in [1.807, 2.05) is 66.7 Å². The molecule has 0 aliphatic heterocycles. The van der Waals surface area contributed by atoms with Gasteiger partial charge in [0.05, 0.1) is 6.04 Å². The van der Waals surface area contributed by atoms with Crippen LogP contribution in [0.5, 0.6) is 0 Å². The predicted octanol–water partition coefficient (Wildman–Crippen LogP) is 4.93. The van der Waals surface area contributed by atoms with Crippen molar-refractivity contribution in [3.8, 4) is 0 Å². The summed E-state index contributed by atoms with van der Waals surface area (Å²) < 4.78 is 0. The molecule has 4 aromatic rings. The Morgan fingerprint density at radius 1 is 0.742 bits per heavy atom. The number of amides is 1. The minimum atomic E-state index is -1.00. The highest BCUT2D eigenvalue weighted by atomic mass is 16.4. The van der Waals surface area contributed by atoms with Crippen LogP contribution in [0.25, 0.3) is 0 Å². The number of pyridine rings is 3. The van der Waals surface area contributed by atoms with Gasteiger partial charge in [-0.25, -0.2) is 4.79 Å². The molecule has 3 aromatic heterocycles. The fourth-order valence-electron chi connectivity index (χ4n) is 3.85. The molecule has 31 heavy (non-hydrogen) atoms. The van der Waals surface area contributed by atoms with Crippen molar-refractivity contribution < 1.29 is 9.90 Å². The summed E-state index contributed by atoms with van der Waals surface area (Å²) in [5.41, 5.74) is 3.53. The van der Waals surface area contributed by atoms with Gasteiger partial charge in [-0.3, -0.25) is 19.9 Å². The molecule has 4 rings (SSSR count). The van der Waals surface area contributed by atoms with Gasteiger partial charge in [0.1, 0.15) is 0 Å². The van der Waals surface area contributed by atoms with Crippen molar-refractivity contribution in [2.75, 3.05) is 0 Å². The second kappa shape index (κ2) is 9.63. The molecule has 1 aromatic carbocycles. The quantitative estimate of drug-likeness (QED) is 0.468. The minimum Gasteiger partial charge on any atom is -0.465 e. The van der Waals surface area contributed by atoms with Crippen molar-refractivity contribution in [2.45, 2.75) is 18.5 Å². The van der Waals surface area contributed by atoms with Gasteiger partial charge < -0.3 is 5.11 Å². The van der Waals surface area contributed by atoms with Gasteiger partial charge in [0.25, 0.3) is 0 Å². The highest BCUT2D eigenvalue weighted by Crippen LogP contribution is 2.41. The number of rotatable bonds is 7. The average molecular weight is 410 g/mol. The van der Waals surface area contributed by atoms with Crippen molar-refractivity contribution >= 4 is 6.09 Å². The first-order valence-electron chi connectivity index (χ1n) is 9.97. The predicted molar refractivity (Wildman–Crippen MR) is 117 cm³/mol. The number of carbonyl (C=O) groups is 1. The van der Waals surface area contributed by atoms with Crippen LogP contribution in [-0.2, 0) is 6.54 Å². The lowest BCUT2D eigenvalue weighted by molar-refractivity contribution is 0.114. The van der Waals surface area contributed by atoms with Gasteiger partial charge >= 0.3 is 6.09 Å². The van der Waals surface area contributed by atoms with Crippen molar-refractivity contribution in [3.63, 3.8) is 0 Å². The molecule has 0 aliphatic carbocycles. The van der Waals surface area contributed by atoms with Gasteiger partial charge in [-0.05, 0) is 40.5 Å². The number of hydrogen-bond acceptors (Lipinski definition) is 4. The van der Waals surface area contributed by atoms with Crippen LogP contribution < -0.4 is 0 Å². The van der Waals surface area contributed by atoms with Gasteiger partial charge in [-0.2, -0.15) is 0 Å². The van der Waals surface area contributed by atoms with Gasteiger partial charge in [0.15, 0.2) is 0 Å². The van der Waals surface area contributed by atoms with E-state index in [-0.39, 0.29) is 12.5 Å². The number of hydrogen-bond donors (Lipinski definition) is 1. The largest absolute Gasteiger partial charge is 0.465 e. The van der Waals surface area contributed by atoms with E-state index in [1.54, 1.807) is 37.2 Å². The number of carboxylic acid groups (broad SMARTS) is 1. The second-order valence-electron chi connectivity index (χ2n) is 7.18. The molecule has 1 amide bonds. The van der Waals surface area contributed by atoms with Crippen LogP contribution in [0.3, 0.4) is 0 Å². The summed E-state index contributed by atoms with van der Waals surface area (Å²) in [6.07, 6.45) is 9.39. The Bertz CT molecular complexity index is 1050. The first-order valence-corrected chi connectivity index (χ1v) is 9.97. The SMILES string of the molecule is O=C(O)N(Cc1ccccc1)C(c1cccnc1)C(c1cccnc1)c1cccnc1. The zero-order valence-corrected chi connectivity index (χ0v) is 16.8. The molecule has 0 bridgehead atoms. The Balaban J connectivity index is 1.88. The van der Waals surface area contributed by atoms with Crippen LogP contribution in [0.15, 0.2) is 104 Å². The minimum absolute atomic E-state index is 0.243. The van der Waals surface area contributed by atoms with Gasteiger partial charge in [0, 0.05) is 49.6 Å². The average Bonchev–Trinajstić information content (AvgIpc) is 2.83. The smallest absolute Gasteiger partial charge is 0.408 e. The molecule has 0 spiro atoms. The number of benzene rings is 1. The zero-order valence-electron chi connectivity index (χ0n) is 16.8. The van der Waals surface area contributed by atoms with Crippen molar-refractivity contribution in [3.05, 3.63) is 126 Å². The van der Waals surface area contributed by atoms with Crippen molar-refractivity contribution in [1.82, 2.24) is 19.9 Å². The zero-order chi connectivity index (χ0) is 21.5. The normalized spacial score (nSPS) is 11.8. The third-order valence-corrected chi connectivity index (χ3v) is 5.21. The van der Waals surface area contributed by atoms with E-state index in [4.69, 9.17) is 0 Å². The topological polar surface area (TPSA) is 79.2 Å². The third-order valence-electron chi connectivity index (χ3n) is 5.21. The van der Waals surface area contributed by atoms with E-state index in [9.17, 15) is 9.90 Å². The molecule has 0 aliphatic rings. The maximum Gasteiger partial charge on any atom is 0.408 e. The Kier molecular flexibility index (Phi) is 6.28. The van der Waals surface area contributed by atoms with E-state index in [1.165, 1.54) is 4.90 Å². The Hall–Kier alpha value is -4.06. The summed E-state index contributed by atoms with van der Waals surface area (Å²) in [6, 6.07) is 20.5. The standard InChI is InChI=1S/C25H22N4O2/c30-25(31)29(18-19-7-2-1-3-8-19)24(22-11-6-14-28-17-22)23(20-9-4-12-26-15-20)21-10-5-13-27-16-21/h1-17,23-24H,18H2,(H,30,31). The molecule has 1 unspecified atom stereocenters. The molecule has 154 valence electrons. The third kappa shape index (κ3) is 4.75. The lowest BCUT2D eigenvalue weighted by atomic mass is 9.82. The lowest BCUT2D eigenvalue weighted by Gasteiger charge is -2.36.